The Labute approximate surface area is 140 Å². The second kappa shape index (κ2) is 7.04. The van der Waals surface area contributed by atoms with Gasteiger partial charge in [0.05, 0.1) is 17.8 Å². The molecule has 6 nitrogen and oxygen atoms in total. The van der Waals surface area contributed by atoms with Crippen molar-refractivity contribution in [2.75, 3.05) is 29.2 Å². The largest absolute Gasteiger partial charge is 0.490 e. The Morgan fingerprint density at radius 1 is 1.21 bits per heavy atom. The highest BCUT2D eigenvalue weighted by Crippen LogP contribution is 2.28. The summed E-state index contributed by atoms with van der Waals surface area (Å²) in [6, 6.07) is 15.1. The van der Waals surface area contributed by atoms with Gasteiger partial charge in [-0.25, -0.2) is 5.01 Å². The van der Waals surface area contributed by atoms with Gasteiger partial charge in [0.25, 0.3) is 5.91 Å². The Morgan fingerprint density at radius 2 is 2.00 bits per heavy atom. The third-order valence-corrected chi connectivity index (χ3v) is 3.59. The number of carbonyl (C=O) groups excluding carboxylic acids is 1. The number of rotatable bonds is 1. The number of benzene rings is 2. The van der Waals surface area contributed by atoms with E-state index in [1.54, 1.807) is 0 Å². The second-order valence-corrected chi connectivity index (χ2v) is 5.58. The minimum absolute atomic E-state index is 0.0451. The van der Waals surface area contributed by atoms with E-state index in [-0.39, 0.29) is 5.91 Å². The van der Waals surface area contributed by atoms with E-state index in [1.165, 1.54) is 5.01 Å². The van der Waals surface area contributed by atoms with Crippen LogP contribution in [0, 0.1) is 0 Å². The molecule has 4 rings (SSSR count). The number of amides is 1. The highest BCUT2D eigenvalue weighted by atomic mass is 16.5. The summed E-state index contributed by atoms with van der Waals surface area (Å²) < 4.78 is 5.36. The average Bonchev–Trinajstić information content (AvgIpc) is 2.94. The monoisotopic (exact) mass is 324 g/mol. The summed E-state index contributed by atoms with van der Waals surface area (Å²) in [5, 5.41) is 8.79. The molecule has 2 aliphatic rings. The van der Waals surface area contributed by atoms with Crippen LogP contribution in [0.15, 0.2) is 53.6 Å². The van der Waals surface area contributed by atoms with Crippen LogP contribution in [0.2, 0.25) is 0 Å². The number of hydrogen-bond donors (Lipinski definition) is 2. The first-order chi connectivity index (χ1) is 11.6. The molecule has 0 unspecified atom stereocenters. The molecule has 6 heteroatoms. The summed E-state index contributed by atoms with van der Waals surface area (Å²) in [6.07, 6.45) is 0.439. The Kier molecular flexibility index (Phi) is 4.65. The van der Waals surface area contributed by atoms with Gasteiger partial charge in [0.1, 0.15) is 12.4 Å². The van der Waals surface area contributed by atoms with Crippen molar-refractivity contribution >= 4 is 28.7 Å². The number of fused-ring (bicyclic) bond motifs is 1. The summed E-state index contributed by atoms with van der Waals surface area (Å²) in [5.41, 5.74) is 9.06. The summed E-state index contributed by atoms with van der Waals surface area (Å²) in [7, 11) is 0. The van der Waals surface area contributed by atoms with Crippen LogP contribution in [0.5, 0.6) is 5.75 Å². The predicted octanol–water partition coefficient (Wildman–Crippen LogP) is 2.87. The normalized spacial score (nSPS) is 15.5. The molecule has 0 radical (unpaired) electrons. The number of hydrogen-bond acceptors (Lipinski definition) is 5. The van der Waals surface area contributed by atoms with Gasteiger partial charge >= 0.3 is 0 Å². The van der Waals surface area contributed by atoms with E-state index >= 15 is 0 Å². The zero-order valence-corrected chi connectivity index (χ0v) is 13.5. The fourth-order valence-electron chi connectivity index (χ4n) is 2.48. The Bertz CT molecular complexity index is 759. The minimum atomic E-state index is 0.0451. The van der Waals surface area contributed by atoms with Gasteiger partial charge in [0, 0.05) is 17.9 Å². The number of para-hydroxylation sites is 1. The fraction of sp³-hybridized carbons (Fsp3) is 0.222. The van der Waals surface area contributed by atoms with Crippen molar-refractivity contribution in [3.05, 3.63) is 48.5 Å². The van der Waals surface area contributed by atoms with Crippen molar-refractivity contribution in [3.63, 3.8) is 0 Å². The van der Waals surface area contributed by atoms with Crippen molar-refractivity contribution in [2.45, 2.75) is 13.3 Å². The molecular weight excluding hydrogens is 304 g/mol. The molecule has 1 amide bonds. The molecule has 2 aromatic carbocycles. The first-order valence-corrected chi connectivity index (χ1v) is 7.82. The number of nitrogens with two attached hydrogens (primary N) is 1. The van der Waals surface area contributed by atoms with Gasteiger partial charge in [0.15, 0.2) is 0 Å². The quantitative estimate of drug-likeness (QED) is 0.791. The number of anilines is 3. The molecule has 0 saturated heterocycles. The first kappa shape index (κ1) is 15.9. The van der Waals surface area contributed by atoms with Crippen molar-refractivity contribution in [2.24, 2.45) is 5.10 Å². The summed E-state index contributed by atoms with van der Waals surface area (Å²) in [4.78, 5) is 11.4. The van der Waals surface area contributed by atoms with Gasteiger partial charge in [-0.2, -0.15) is 5.10 Å². The van der Waals surface area contributed by atoms with Crippen molar-refractivity contribution in [3.8, 4) is 5.75 Å². The third-order valence-electron chi connectivity index (χ3n) is 3.59. The van der Waals surface area contributed by atoms with Crippen LogP contribution in [-0.4, -0.2) is 24.8 Å². The maximum absolute atomic E-state index is 11.4. The maximum Gasteiger partial charge on any atom is 0.253 e. The van der Waals surface area contributed by atoms with Gasteiger partial charge in [0.2, 0.25) is 0 Å². The van der Waals surface area contributed by atoms with Gasteiger partial charge in [-0.15, -0.1) is 0 Å². The summed E-state index contributed by atoms with van der Waals surface area (Å²) in [6.45, 7) is 3.45. The fourth-order valence-corrected chi connectivity index (χ4v) is 2.48. The maximum atomic E-state index is 11.4. The van der Waals surface area contributed by atoms with Gasteiger partial charge in [-0.05, 0) is 37.3 Å². The van der Waals surface area contributed by atoms with Gasteiger partial charge < -0.3 is 15.8 Å². The highest BCUT2D eigenvalue weighted by Gasteiger charge is 2.21. The van der Waals surface area contributed by atoms with Crippen molar-refractivity contribution in [1.82, 2.24) is 0 Å². The third kappa shape index (κ3) is 3.65. The lowest BCUT2D eigenvalue weighted by Gasteiger charge is -2.18. The van der Waals surface area contributed by atoms with Crippen LogP contribution in [0.1, 0.15) is 13.3 Å². The van der Waals surface area contributed by atoms with E-state index in [0.717, 1.165) is 41.7 Å². The van der Waals surface area contributed by atoms with Crippen molar-refractivity contribution in [1.29, 1.82) is 0 Å². The van der Waals surface area contributed by atoms with E-state index in [2.05, 4.69) is 10.4 Å². The predicted molar refractivity (Wildman–Crippen MR) is 96.5 cm³/mol. The molecule has 2 aliphatic heterocycles. The Hall–Kier alpha value is -3.02. The molecule has 0 spiro atoms. The lowest BCUT2D eigenvalue weighted by atomic mass is 10.2. The Balaban J connectivity index is 0.000000143. The summed E-state index contributed by atoms with van der Waals surface area (Å²) in [5.74, 6) is 0.939. The van der Waals surface area contributed by atoms with Crippen LogP contribution < -0.4 is 20.8 Å². The number of nitrogen functional groups attached to an aromatic ring is 1. The molecule has 0 fully saturated rings. The molecule has 0 atom stereocenters. The smallest absolute Gasteiger partial charge is 0.253 e. The molecule has 2 heterocycles. The molecule has 0 bridgehead atoms. The molecule has 2 aromatic rings. The van der Waals surface area contributed by atoms with E-state index in [1.807, 2.05) is 55.5 Å². The van der Waals surface area contributed by atoms with Crippen LogP contribution >= 0.6 is 0 Å². The van der Waals surface area contributed by atoms with E-state index in [0.29, 0.717) is 6.42 Å². The molecule has 0 saturated carbocycles. The molecule has 0 aromatic heterocycles. The number of nitrogens with zero attached hydrogens (tertiary/aromatic N) is 2. The van der Waals surface area contributed by atoms with E-state index in [4.69, 9.17) is 10.5 Å². The van der Waals surface area contributed by atoms with Gasteiger partial charge in [-0.1, -0.05) is 18.2 Å². The number of nitrogens with one attached hydrogen (secondary N) is 1. The molecule has 3 N–H and O–H groups in total. The van der Waals surface area contributed by atoms with Crippen LogP contribution in [0.3, 0.4) is 0 Å². The van der Waals surface area contributed by atoms with Gasteiger partial charge in [-0.3, -0.25) is 4.79 Å². The van der Waals surface area contributed by atoms with Crippen LogP contribution in [0.25, 0.3) is 0 Å². The van der Waals surface area contributed by atoms with Crippen molar-refractivity contribution < 1.29 is 9.53 Å². The minimum Gasteiger partial charge on any atom is -0.490 e. The SMILES string of the molecule is CC1=NN(c2ccccc2)C(=O)C1.Nc1ccc2c(c1)NCCO2. The summed E-state index contributed by atoms with van der Waals surface area (Å²) >= 11 is 0. The standard InChI is InChI=1S/C10H10N2O.C8H10N2O/c1-8-7-10(13)12(11-8)9-5-3-2-4-6-9;9-6-1-2-8-7(5-6)10-3-4-11-8/h2-6H,7H2,1H3;1-2,5,10H,3-4,9H2. The molecule has 124 valence electrons. The average molecular weight is 324 g/mol. The first-order valence-electron chi connectivity index (χ1n) is 7.82. The van der Waals surface area contributed by atoms with E-state index < -0.39 is 0 Å². The number of carbonyl (C=O) groups is 1. The van der Waals surface area contributed by atoms with Crippen LogP contribution in [-0.2, 0) is 4.79 Å². The topological polar surface area (TPSA) is 80.0 Å². The molecule has 24 heavy (non-hydrogen) atoms. The Morgan fingerprint density at radius 3 is 2.71 bits per heavy atom. The number of ether oxygens (including phenoxy) is 1. The lowest BCUT2D eigenvalue weighted by molar-refractivity contribution is -0.116. The highest BCUT2D eigenvalue weighted by molar-refractivity contribution is 6.12. The number of hydrazone groups is 1. The van der Waals surface area contributed by atoms with E-state index in [9.17, 15) is 4.79 Å². The van der Waals surface area contributed by atoms with Crippen LogP contribution in [0.4, 0.5) is 17.1 Å². The second-order valence-electron chi connectivity index (χ2n) is 5.58. The zero-order chi connectivity index (χ0) is 16.9. The molecular formula is C18H20N4O2. The zero-order valence-electron chi connectivity index (χ0n) is 13.5. The molecule has 0 aliphatic carbocycles. The lowest BCUT2D eigenvalue weighted by Crippen LogP contribution is -2.19.